The maximum atomic E-state index is 13.4. The van der Waals surface area contributed by atoms with Gasteiger partial charge in [0.2, 0.25) is 5.91 Å². The van der Waals surface area contributed by atoms with E-state index in [1.165, 1.54) is 12.1 Å². The summed E-state index contributed by atoms with van der Waals surface area (Å²) < 4.78 is 36.3. The summed E-state index contributed by atoms with van der Waals surface area (Å²) in [7, 11) is 0. The predicted molar refractivity (Wildman–Crippen MR) is 159 cm³/mol. The fraction of sp³-hybridized carbons (Fsp3) is 0.323. The summed E-state index contributed by atoms with van der Waals surface area (Å²) in [6.45, 7) is 0.537. The highest BCUT2D eigenvalue weighted by Crippen LogP contribution is 2.28. The van der Waals surface area contributed by atoms with Crippen molar-refractivity contribution in [2.45, 2.75) is 32.5 Å². The number of cyclic esters (lactones) is 1. The minimum Gasteiger partial charge on any atom is -0.442 e. The van der Waals surface area contributed by atoms with Gasteiger partial charge in [-0.15, -0.1) is 0 Å². The van der Waals surface area contributed by atoms with Gasteiger partial charge < -0.3 is 30.3 Å². The summed E-state index contributed by atoms with van der Waals surface area (Å²) >= 11 is 0. The number of hydrogen-bond donors (Lipinski definition) is 3. The van der Waals surface area contributed by atoms with Gasteiger partial charge in [0, 0.05) is 48.2 Å². The van der Waals surface area contributed by atoms with Crippen LogP contribution in [0.2, 0.25) is 0 Å². The number of aryl methyl sites for hydroxylation is 1. The number of anilines is 2. The van der Waals surface area contributed by atoms with Gasteiger partial charge in [-0.3, -0.25) is 14.0 Å². The van der Waals surface area contributed by atoms with Crippen LogP contribution in [-0.4, -0.2) is 76.1 Å². The topological polar surface area (TPSA) is 139 Å². The molecule has 0 radical (unpaired) electrons. The molecule has 2 aromatic heterocycles. The molecule has 2 aliphatic rings. The zero-order chi connectivity index (χ0) is 31.5. The lowest BCUT2D eigenvalue weighted by Gasteiger charge is -2.32. The van der Waals surface area contributed by atoms with E-state index in [2.05, 4.69) is 30.7 Å². The Morgan fingerprint density at radius 1 is 1.13 bits per heavy atom. The van der Waals surface area contributed by atoms with E-state index in [4.69, 9.17) is 4.74 Å². The molecule has 2 saturated heterocycles. The van der Waals surface area contributed by atoms with Gasteiger partial charge in [0.25, 0.3) is 5.91 Å². The lowest BCUT2D eigenvalue weighted by atomic mass is 9.95. The largest absolute Gasteiger partial charge is 0.442 e. The number of imidazole rings is 1. The summed E-state index contributed by atoms with van der Waals surface area (Å²) in [4.78, 5) is 47.8. The first-order valence-electron chi connectivity index (χ1n) is 14.5. The number of likely N-dealkylation sites (tertiary alicyclic amines) is 1. The summed E-state index contributed by atoms with van der Waals surface area (Å²) in [6.07, 6.45) is 5.32. The van der Waals surface area contributed by atoms with Crippen LogP contribution < -0.4 is 20.7 Å². The molecule has 0 saturated carbocycles. The lowest BCUT2D eigenvalue weighted by molar-refractivity contribution is -0.126. The number of benzene rings is 2. The number of rotatable bonds is 9. The van der Waals surface area contributed by atoms with Crippen molar-refractivity contribution in [3.63, 3.8) is 0 Å². The maximum absolute atomic E-state index is 13.4. The highest BCUT2D eigenvalue weighted by Gasteiger charge is 2.30. The number of nitrogens with zero attached hydrogens (tertiary/aromatic N) is 4. The molecule has 0 bridgehead atoms. The molecule has 234 valence electrons. The number of carbonyl (C=O) groups is 3. The van der Waals surface area contributed by atoms with E-state index in [1.54, 1.807) is 41.7 Å². The predicted octanol–water partition coefficient (Wildman–Crippen LogP) is 4.13. The van der Waals surface area contributed by atoms with Crippen LogP contribution in [-0.2, 0) is 9.53 Å². The molecule has 0 unspecified atom stereocenters. The van der Waals surface area contributed by atoms with Crippen molar-refractivity contribution in [1.29, 1.82) is 0 Å². The first-order chi connectivity index (χ1) is 21.7. The van der Waals surface area contributed by atoms with Crippen molar-refractivity contribution in [2.75, 3.05) is 31.5 Å². The number of hydrogen-bond acceptors (Lipinski definition) is 8. The Labute approximate surface area is 256 Å². The Morgan fingerprint density at radius 2 is 1.91 bits per heavy atom. The molecule has 4 aromatic rings. The summed E-state index contributed by atoms with van der Waals surface area (Å²) in [6, 6.07) is 11.8. The minimum absolute atomic E-state index is 0.0695. The van der Waals surface area contributed by atoms with Gasteiger partial charge >= 0.3 is 12.7 Å². The molecule has 4 heterocycles. The van der Waals surface area contributed by atoms with Crippen LogP contribution >= 0.6 is 0 Å². The quantitative estimate of drug-likeness (QED) is 0.254. The fourth-order valence-corrected chi connectivity index (χ4v) is 5.57. The van der Waals surface area contributed by atoms with Crippen molar-refractivity contribution in [2.24, 2.45) is 5.92 Å². The van der Waals surface area contributed by atoms with Crippen LogP contribution in [0.25, 0.3) is 16.9 Å². The normalized spacial score (nSPS) is 16.8. The average molecular weight is 620 g/mol. The average Bonchev–Trinajstić information content (AvgIpc) is 3.66. The second-order valence-electron chi connectivity index (χ2n) is 10.9. The van der Waals surface area contributed by atoms with E-state index >= 15 is 0 Å². The van der Waals surface area contributed by atoms with Gasteiger partial charge in [0.1, 0.15) is 11.9 Å². The van der Waals surface area contributed by atoms with Crippen molar-refractivity contribution in [3.05, 3.63) is 72.2 Å². The Bertz CT molecular complexity index is 1720. The molecule has 1 atom stereocenters. The molecule has 0 spiro atoms. The standard InChI is InChI=1S/C31H31F2N7O5/c1-18-14-21(38-26-27-35-17-25(40(27)13-10-34-26)19-2-5-22(6-3-19)44-30(32)33)4-7-24(18)29(42)39-11-8-20(9-12-39)28(41)36-15-23-16-37-31(43)45-23/h2-7,10,13-14,17,20,23,30H,8-9,11-12,15-16H2,1H3,(H,34,38)(H,36,41)(H,37,43)/t23-/m1/s1. The van der Waals surface area contributed by atoms with Gasteiger partial charge in [0.05, 0.1) is 25.0 Å². The minimum atomic E-state index is -2.89. The van der Waals surface area contributed by atoms with Crippen molar-refractivity contribution >= 4 is 35.1 Å². The molecule has 6 rings (SSSR count). The monoisotopic (exact) mass is 619 g/mol. The molecule has 14 heteroatoms. The third-order valence-electron chi connectivity index (χ3n) is 7.93. The number of carbonyl (C=O) groups excluding carboxylic acids is 3. The van der Waals surface area contributed by atoms with Crippen LogP contribution in [0.4, 0.5) is 25.1 Å². The molecule has 2 aliphatic heterocycles. The van der Waals surface area contributed by atoms with Crippen LogP contribution in [0.3, 0.4) is 0 Å². The number of halogens is 2. The number of alkyl halides is 2. The van der Waals surface area contributed by atoms with E-state index in [-0.39, 0.29) is 36.1 Å². The highest BCUT2D eigenvalue weighted by atomic mass is 19.3. The number of amides is 3. The molecule has 0 aliphatic carbocycles. The summed E-state index contributed by atoms with van der Waals surface area (Å²) in [5.41, 5.74) is 4.15. The highest BCUT2D eigenvalue weighted by molar-refractivity contribution is 5.96. The van der Waals surface area contributed by atoms with Crippen LogP contribution in [0.5, 0.6) is 5.75 Å². The maximum Gasteiger partial charge on any atom is 0.407 e. The van der Waals surface area contributed by atoms with Gasteiger partial charge in [-0.2, -0.15) is 8.78 Å². The lowest BCUT2D eigenvalue weighted by Crippen LogP contribution is -2.44. The van der Waals surface area contributed by atoms with Crippen molar-refractivity contribution in [1.82, 2.24) is 29.9 Å². The summed E-state index contributed by atoms with van der Waals surface area (Å²) in [5, 5.41) is 8.69. The van der Waals surface area contributed by atoms with Crippen LogP contribution in [0.15, 0.2) is 61.1 Å². The van der Waals surface area contributed by atoms with Gasteiger partial charge in [-0.05, 0) is 67.8 Å². The van der Waals surface area contributed by atoms with E-state index in [1.807, 2.05) is 23.5 Å². The van der Waals surface area contributed by atoms with Crippen molar-refractivity contribution in [3.8, 4) is 17.0 Å². The third-order valence-corrected chi connectivity index (χ3v) is 7.93. The second-order valence-corrected chi connectivity index (χ2v) is 10.9. The number of nitrogens with one attached hydrogen (secondary N) is 3. The first kappa shape index (κ1) is 29.8. The zero-order valence-corrected chi connectivity index (χ0v) is 24.3. The molecule has 3 N–H and O–H groups in total. The molecule has 3 amide bonds. The summed E-state index contributed by atoms with van der Waals surface area (Å²) in [5.74, 6) is 0.180. The SMILES string of the molecule is Cc1cc(Nc2nccn3c(-c4ccc(OC(F)F)cc4)cnc23)ccc1C(=O)N1CCC(C(=O)NC[C@@H]2CNC(=O)O2)CC1. The Morgan fingerprint density at radius 3 is 2.60 bits per heavy atom. The van der Waals surface area contributed by atoms with E-state index in [0.717, 1.165) is 22.5 Å². The second kappa shape index (κ2) is 12.8. The molecule has 12 nitrogen and oxygen atoms in total. The van der Waals surface area contributed by atoms with Crippen LogP contribution in [0.1, 0.15) is 28.8 Å². The Balaban J connectivity index is 1.07. The number of ether oxygens (including phenoxy) is 2. The van der Waals surface area contributed by atoms with E-state index in [0.29, 0.717) is 49.5 Å². The van der Waals surface area contributed by atoms with Crippen LogP contribution in [0, 0.1) is 12.8 Å². The van der Waals surface area contributed by atoms with Gasteiger partial charge in [0.15, 0.2) is 11.5 Å². The number of fused-ring (bicyclic) bond motifs is 1. The smallest absolute Gasteiger partial charge is 0.407 e. The van der Waals surface area contributed by atoms with Gasteiger partial charge in [-0.25, -0.2) is 14.8 Å². The fourth-order valence-electron chi connectivity index (χ4n) is 5.57. The molecular weight excluding hydrogens is 588 g/mol. The Hall–Kier alpha value is -5.27. The third kappa shape index (κ3) is 6.64. The number of aromatic nitrogens is 3. The molecular formula is C31H31F2N7O5. The number of alkyl carbamates (subject to hydrolysis) is 1. The number of piperidine rings is 1. The molecule has 2 aromatic carbocycles. The molecule has 2 fully saturated rings. The Kier molecular flexibility index (Phi) is 8.45. The van der Waals surface area contributed by atoms with Crippen molar-refractivity contribution < 1.29 is 32.6 Å². The first-order valence-corrected chi connectivity index (χ1v) is 14.5. The molecule has 45 heavy (non-hydrogen) atoms. The van der Waals surface area contributed by atoms with Gasteiger partial charge in [-0.1, -0.05) is 0 Å². The van der Waals surface area contributed by atoms with E-state index in [9.17, 15) is 23.2 Å². The zero-order valence-electron chi connectivity index (χ0n) is 24.3. The van der Waals surface area contributed by atoms with E-state index < -0.39 is 12.7 Å².